The quantitative estimate of drug-likeness (QED) is 0.853. The van der Waals surface area contributed by atoms with Crippen LogP contribution >= 0.6 is 23.7 Å². The van der Waals surface area contributed by atoms with Crippen LogP contribution in [0.3, 0.4) is 0 Å². The van der Waals surface area contributed by atoms with E-state index < -0.39 is 23.2 Å². The molecule has 0 fully saturated rings. The maximum absolute atomic E-state index is 12.2. The van der Waals surface area contributed by atoms with Gasteiger partial charge in [-0.2, -0.15) is 13.2 Å². The van der Waals surface area contributed by atoms with Gasteiger partial charge in [0, 0.05) is 13.7 Å². The second-order valence-electron chi connectivity index (χ2n) is 3.26. The standard InChI is InChI=1S/C8H11F3N4O2S.ClH/c1-17-4(3-12)2-5(16)13-7-15-14-6(18-7)8(9,10)11;/h4H,2-3,12H2,1H3,(H,13,15,16);1H. The van der Waals surface area contributed by atoms with Crippen LogP contribution < -0.4 is 11.1 Å². The van der Waals surface area contributed by atoms with Crippen LogP contribution in [0.5, 0.6) is 0 Å². The van der Waals surface area contributed by atoms with Crippen molar-refractivity contribution in [2.75, 3.05) is 19.0 Å². The minimum Gasteiger partial charge on any atom is -0.380 e. The highest BCUT2D eigenvalue weighted by Crippen LogP contribution is 2.32. The van der Waals surface area contributed by atoms with E-state index in [1.54, 1.807) is 0 Å². The average molecular weight is 321 g/mol. The van der Waals surface area contributed by atoms with Gasteiger partial charge in [0.25, 0.3) is 0 Å². The normalized spacial score (nSPS) is 12.7. The fraction of sp³-hybridized carbons (Fsp3) is 0.625. The predicted molar refractivity (Wildman–Crippen MR) is 65.3 cm³/mol. The van der Waals surface area contributed by atoms with Gasteiger partial charge in [-0.3, -0.25) is 4.79 Å². The lowest BCUT2D eigenvalue weighted by Gasteiger charge is -2.11. The van der Waals surface area contributed by atoms with Gasteiger partial charge in [-0.05, 0) is 0 Å². The molecule has 0 aliphatic rings. The molecule has 0 aliphatic heterocycles. The molecule has 11 heteroatoms. The van der Waals surface area contributed by atoms with Gasteiger partial charge in [0.1, 0.15) is 0 Å². The number of ether oxygens (including phenoxy) is 1. The Morgan fingerprint density at radius 2 is 2.16 bits per heavy atom. The lowest BCUT2D eigenvalue weighted by molar-refractivity contribution is -0.138. The maximum atomic E-state index is 12.2. The zero-order chi connectivity index (χ0) is 13.8. The number of alkyl halides is 3. The highest BCUT2D eigenvalue weighted by Gasteiger charge is 2.35. The summed E-state index contributed by atoms with van der Waals surface area (Å²) in [6.45, 7) is 0.133. The van der Waals surface area contributed by atoms with Crippen molar-refractivity contribution in [3.63, 3.8) is 0 Å². The van der Waals surface area contributed by atoms with Gasteiger partial charge in [0.2, 0.25) is 16.0 Å². The van der Waals surface area contributed by atoms with Crippen LogP contribution in [0.1, 0.15) is 11.4 Å². The van der Waals surface area contributed by atoms with E-state index in [2.05, 4.69) is 15.5 Å². The van der Waals surface area contributed by atoms with Gasteiger partial charge in [-0.1, -0.05) is 11.3 Å². The van der Waals surface area contributed by atoms with E-state index in [0.717, 1.165) is 0 Å². The molecular formula is C8H12ClF3N4O2S. The van der Waals surface area contributed by atoms with E-state index in [0.29, 0.717) is 0 Å². The zero-order valence-electron chi connectivity index (χ0n) is 9.73. The Hall–Kier alpha value is -0.970. The third-order valence-electron chi connectivity index (χ3n) is 1.92. The fourth-order valence-electron chi connectivity index (χ4n) is 1.03. The SMILES string of the molecule is COC(CN)CC(=O)Nc1nnc(C(F)(F)F)s1.Cl. The van der Waals surface area contributed by atoms with E-state index >= 15 is 0 Å². The predicted octanol–water partition coefficient (Wildman–Crippen LogP) is 1.28. The smallest absolute Gasteiger partial charge is 0.380 e. The lowest BCUT2D eigenvalue weighted by Crippen LogP contribution is -2.28. The number of nitrogens with two attached hydrogens (primary N) is 1. The van der Waals surface area contributed by atoms with Crippen LogP contribution in [-0.4, -0.2) is 35.9 Å². The number of hydrogen-bond donors (Lipinski definition) is 2. The Balaban J connectivity index is 0.00000324. The van der Waals surface area contributed by atoms with Gasteiger partial charge < -0.3 is 15.8 Å². The largest absolute Gasteiger partial charge is 0.445 e. The Morgan fingerprint density at radius 3 is 2.58 bits per heavy atom. The van der Waals surface area contributed by atoms with E-state index in [9.17, 15) is 18.0 Å². The number of nitrogens with one attached hydrogen (secondary N) is 1. The summed E-state index contributed by atoms with van der Waals surface area (Å²) < 4.78 is 41.5. The first-order valence-electron chi connectivity index (χ1n) is 4.80. The van der Waals surface area contributed by atoms with Crippen LogP contribution in [0.15, 0.2) is 0 Å². The van der Waals surface area contributed by atoms with E-state index in [1.165, 1.54) is 7.11 Å². The molecule has 0 aliphatic carbocycles. The number of hydrogen-bond acceptors (Lipinski definition) is 6. The molecule has 0 spiro atoms. The van der Waals surface area contributed by atoms with E-state index in [4.69, 9.17) is 10.5 Å². The molecular weight excluding hydrogens is 309 g/mol. The Bertz CT molecular complexity index is 411. The first kappa shape index (κ1) is 18.0. The highest BCUT2D eigenvalue weighted by atomic mass is 35.5. The molecule has 1 rings (SSSR count). The molecule has 1 heterocycles. The number of methoxy groups -OCH3 is 1. The number of carbonyl (C=O) groups excluding carboxylic acids is 1. The second-order valence-corrected chi connectivity index (χ2v) is 4.23. The molecule has 1 unspecified atom stereocenters. The third-order valence-corrected chi connectivity index (χ3v) is 2.81. The van der Waals surface area contributed by atoms with Gasteiger partial charge in [0.05, 0.1) is 12.5 Å². The molecule has 0 bridgehead atoms. The molecule has 1 aromatic rings. The summed E-state index contributed by atoms with van der Waals surface area (Å²) in [5.74, 6) is -0.530. The number of amides is 1. The van der Waals surface area contributed by atoms with Crippen molar-refractivity contribution in [1.29, 1.82) is 0 Å². The molecule has 3 N–H and O–H groups in total. The minimum atomic E-state index is -4.56. The molecule has 0 aromatic carbocycles. The monoisotopic (exact) mass is 320 g/mol. The van der Waals surface area contributed by atoms with Crippen LogP contribution in [0, 0.1) is 0 Å². The average Bonchev–Trinajstić information content (AvgIpc) is 2.74. The molecule has 1 amide bonds. The van der Waals surface area contributed by atoms with Crippen LogP contribution in [-0.2, 0) is 15.7 Å². The topological polar surface area (TPSA) is 90.1 Å². The first-order valence-corrected chi connectivity index (χ1v) is 5.62. The summed E-state index contributed by atoms with van der Waals surface area (Å²) in [6, 6.07) is 0. The third kappa shape index (κ3) is 5.68. The van der Waals surface area contributed by atoms with Crippen LogP contribution in [0.25, 0.3) is 0 Å². The van der Waals surface area contributed by atoms with Crippen molar-refractivity contribution in [3.8, 4) is 0 Å². The van der Waals surface area contributed by atoms with Crippen LogP contribution in [0.4, 0.5) is 18.3 Å². The number of anilines is 1. The first-order chi connectivity index (χ1) is 8.36. The number of carbonyl (C=O) groups is 1. The van der Waals surface area contributed by atoms with Crippen molar-refractivity contribution < 1.29 is 22.7 Å². The molecule has 19 heavy (non-hydrogen) atoms. The fourth-order valence-corrected chi connectivity index (χ4v) is 1.66. The summed E-state index contributed by atoms with van der Waals surface area (Å²) in [6.07, 6.45) is -5.11. The number of rotatable bonds is 5. The Morgan fingerprint density at radius 1 is 1.53 bits per heavy atom. The summed E-state index contributed by atoms with van der Waals surface area (Å²) in [4.78, 5) is 11.4. The van der Waals surface area contributed by atoms with Crippen molar-refractivity contribution in [2.24, 2.45) is 5.73 Å². The molecule has 0 saturated carbocycles. The number of aromatic nitrogens is 2. The van der Waals surface area contributed by atoms with Crippen LogP contribution in [0.2, 0.25) is 0 Å². The van der Waals surface area contributed by atoms with E-state index in [1.807, 2.05) is 0 Å². The lowest BCUT2D eigenvalue weighted by atomic mass is 10.2. The van der Waals surface area contributed by atoms with Crippen molar-refractivity contribution in [2.45, 2.75) is 18.7 Å². The van der Waals surface area contributed by atoms with Gasteiger partial charge in [-0.25, -0.2) is 0 Å². The summed E-state index contributed by atoms with van der Waals surface area (Å²) in [5.41, 5.74) is 5.31. The van der Waals surface area contributed by atoms with Gasteiger partial charge >= 0.3 is 6.18 Å². The van der Waals surface area contributed by atoms with Gasteiger partial charge in [-0.15, -0.1) is 22.6 Å². The van der Waals surface area contributed by atoms with E-state index in [-0.39, 0.29) is 41.8 Å². The molecule has 1 aromatic heterocycles. The Labute approximate surface area is 116 Å². The maximum Gasteiger partial charge on any atom is 0.445 e. The summed E-state index contributed by atoms with van der Waals surface area (Å²) in [5, 5.41) is 7.04. The molecule has 1 atom stereocenters. The van der Waals surface area contributed by atoms with Gasteiger partial charge in [0.15, 0.2) is 0 Å². The van der Waals surface area contributed by atoms with Crippen molar-refractivity contribution >= 4 is 34.8 Å². The Kier molecular flexibility index (Phi) is 7.19. The molecule has 110 valence electrons. The minimum absolute atomic E-state index is 0. The number of nitrogens with zero attached hydrogens (tertiary/aromatic N) is 2. The summed E-state index contributed by atoms with van der Waals surface area (Å²) in [7, 11) is 1.39. The molecule has 6 nitrogen and oxygen atoms in total. The zero-order valence-corrected chi connectivity index (χ0v) is 11.4. The molecule has 0 radical (unpaired) electrons. The molecule has 0 saturated heterocycles. The van der Waals surface area contributed by atoms with Crippen molar-refractivity contribution in [1.82, 2.24) is 10.2 Å². The van der Waals surface area contributed by atoms with Crippen molar-refractivity contribution in [3.05, 3.63) is 5.01 Å². The summed E-state index contributed by atoms with van der Waals surface area (Å²) >= 11 is 0.259. The number of halogens is 4. The highest BCUT2D eigenvalue weighted by molar-refractivity contribution is 7.15. The second kappa shape index (κ2) is 7.58.